The molecule has 0 aromatic heterocycles. The molecular weight excluding hydrogens is 296 g/mol. The van der Waals surface area contributed by atoms with Gasteiger partial charge in [0.15, 0.2) is 0 Å². The summed E-state index contributed by atoms with van der Waals surface area (Å²) < 4.78 is 0. The van der Waals surface area contributed by atoms with E-state index in [1.165, 1.54) is 11.1 Å². The van der Waals surface area contributed by atoms with Crippen molar-refractivity contribution < 1.29 is 0 Å². The zero-order valence-corrected chi connectivity index (χ0v) is 14.4. The second-order valence-electron chi connectivity index (χ2n) is 6.09. The van der Waals surface area contributed by atoms with Crippen molar-refractivity contribution in [1.82, 2.24) is 5.32 Å². The van der Waals surface area contributed by atoms with Crippen molar-refractivity contribution in [3.8, 4) is 0 Å². The molecule has 0 fully saturated rings. The van der Waals surface area contributed by atoms with Crippen LogP contribution in [0.1, 0.15) is 25.8 Å². The first kappa shape index (κ1) is 17.5. The zero-order chi connectivity index (χ0) is 17.5. The molecule has 0 atom stereocenters. The molecule has 0 bridgehead atoms. The molecule has 0 spiro atoms. The van der Waals surface area contributed by atoms with Gasteiger partial charge < -0.3 is 22.1 Å². The summed E-state index contributed by atoms with van der Waals surface area (Å²) >= 11 is 0. The molecule has 1 aromatic carbocycles. The van der Waals surface area contributed by atoms with Crippen LogP contribution in [-0.4, -0.2) is 6.54 Å². The third-order valence-electron chi connectivity index (χ3n) is 3.66. The number of nitrogens with two attached hydrogens (primary N) is 2. The summed E-state index contributed by atoms with van der Waals surface area (Å²) in [7, 11) is 0. The normalized spacial score (nSPS) is 14.9. The molecule has 0 aliphatic heterocycles. The van der Waals surface area contributed by atoms with Crippen LogP contribution in [0.3, 0.4) is 0 Å². The van der Waals surface area contributed by atoms with Gasteiger partial charge in [-0.2, -0.15) is 0 Å². The molecule has 0 saturated heterocycles. The van der Waals surface area contributed by atoms with E-state index < -0.39 is 0 Å². The van der Waals surface area contributed by atoms with Crippen LogP contribution in [0, 0.1) is 0 Å². The lowest BCUT2D eigenvalue weighted by molar-refractivity contribution is 0.925. The standard InChI is InChI=1S/C20H26N4/c1-14-7-9-17(11-14)13-23-16(3)18-5-4-6-19(12-18)24-20(22)10-8-15(2)21/h4-10,12,23-24H,3,11,13,21-22H2,1-2H3/b15-8-,20-10+. The lowest BCUT2D eigenvalue weighted by Crippen LogP contribution is -2.15. The Morgan fingerprint density at radius 3 is 2.71 bits per heavy atom. The minimum absolute atomic E-state index is 0.535. The Bertz CT molecular complexity index is 732. The van der Waals surface area contributed by atoms with Gasteiger partial charge in [-0.05, 0) is 55.7 Å². The van der Waals surface area contributed by atoms with E-state index in [9.17, 15) is 0 Å². The van der Waals surface area contributed by atoms with Gasteiger partial charge in [0.1, 0.15) is 5.82 Å². The van der Waals surface area contributed by atoms with E-state index in [2.05, 4.69) is 36.3 Å². The van der Waals surface area contributed by atoms with E-state index in [0.29, 0.717) is 11.5 Å². The topological polar surface area (TPSA) is 76.1 Å². The van der Waals surface area contributed by atoms with Gasteiger partial charge in [0.2, 0.25) is 0 Å². The van der Waals surface area contributed by atoms with E-state index >= 15 is 0 Å². The van der Waals surface area contributed by atoms with Crippen molar-refractivity contribution in [3.05, 3.63) is 83.4 Å². The molecule has 6 N–H and O–H groups in total. The fourth-order valence-corrected chi connectivity index (χ4v) is 2.39. The fourth-order valence-electron chi connectivity index (χ4n) is 2.39. The summed E-state index contributed by atoms with van der Waals surface area (Å²) in [4.78, 5) is 0. The zero-order valence-electron chi connectivity index (χ0n) is 14.4. The number of anilines is 1. The summed E-state index contributed by atoms with van der Waals surface area (Å²) in [5, 5.41) is 6.53. The van der Waals surface area contributed by atoms with Gasteiger partial charge in [0.05, 0.1) is 0 Å². The third-order valence-corrected chi connectivity index (χ3v) is 3.66. The minimum Gasteiger partial charge on any atom is -0.402 e. The maximum absolute atomic E-state index is 5.93. The van der Waals surface area contributed by atoms with E-state index in [1.54, 1.807) is 12.2 Å². The monoisotopic (exact) mass is 322 g/mol. The first-order valence-electron chi connectivity index (χ1n) is 7.99. The minimum atomic E-state index is 0.535. The van der Waals surface area contributed by atoms with Gasteiger partial charge in [0, 0.05) is 23.6 Å². The summed E-state index contributed by atoms with van der Waals surface area (Å²) in [6, 6.07) is 7.98. The predicted octanol–water partition coefficient (Wildman–Crippen LogP) is 3.60. The smallest absolute Gasteiger partial charge is 0.100 e. The highest BCUT2D eigenvalue weighted by Gasteiger charge is 2.06. The second-order valence-corrected chi connectivity index (χ2v) is 6.09. The quantitative estimate of drug-likeness (QED) is 0.579. The van der Waals surface area contributed by atoms with Crippen molar-refractivity contribution >= 4 is 11.4 Å². The van der Waals surface area contributed by atoms with Gasteiger partial charge in [-0.3, -0.25) is 0 Å². The van der Waals surface area contributed by atoms with Gasteiger partial charge in [0.25, 0.3) is 0 Å². The number of nitrogens with one attached hydrogen (secondary N) is 2. The molecular formula is C20H26N4. The molecule has 0 saturated carbocycles. The van der Waals surface area contributed by atoms with Crippen LogP contribution in [0.25, 0.3) is 5.70 Å². The van der Waals surface area contributed by atoms with Crippen LogP contribution in [0.4, 0.5) is 5.69 Å². The van der Waals surface area contributed by atoms with Crippen LogP contribution in [-0.2, 0) is 0 Å². The number of rotatable bonds is 7. The van der Waals surface area contributed by atoms with E-state index in [1.807, 2.05) is 31.2 Å². The van der Waals surface area contributed by atoms with E-state index in [-0.39, 0.29) is 0 Å². The molecule has 1 aromatic rings. The molecule has 126 valence electrons. The summed E-state index contributed by atoms with van der Waals surface area (Å²) in [6.45, 7) is 8.90. The molecule has 0 radical (unpaired) electrons. The molecule has 1 aliphatic carbocycles. The van der Waals surface area contributed by atoms with Crippen molar-refractivity contribution in [2.45, 2.75) is 20.3 Å². The molecule has 0 unspecified atom stereocenters. The molecule has 24 heavy (non-hydrogen) atoms. The number of allylic oxidation sites excluding steroid dienone is 6. The third kappa shape index (κ3) is 5.39. The number of hydrogen-bond donors (Lipinski definition) is 4. The first-order valence-corrected chi connectivity index (χ1v) is 7.99. The lowest BCUT2D eigenvalue weighted by Gasteiger charge is -2.13. The Labute approximate surface area is 144 Å². The number of hydrogen-bond acceptors (Lipinski definition) is 4. The fraction of sp³-hybridized carbons (Fsp3) is 0.200. The van der Waals surface area contributed by atoms with Crippen LogP contribution in [0.15, 0.2) is 77.8 Å². The van der Waals surface area contributed by atoms with Gasteiger partial charge >= 0.3 is 0 Å². The van der Waals surface area contributed by atoms with Gasteiger partial charge in [-0.15, -0.1) is 0 Å². The van der Waals surface area contributed by atoms with Crippen molar-refractivity contribution in [2.24, 2.45) is 11.5 Å². The molecule has 0 heterocycles. The first-order chi connectivity index (χ1) is 11.4. The van der Waals surface area contributed by atoms with Crippen molar-refractivity contribution in [2.75, 3.05) is 11.9 Å². The Kier molecular flexibility index (Phi) is 5.90. The summed E-state index contributed by atoms with van der Waals surface area (Å²) in [6.07, 6.45) is 8.88. The molecule has 1 aliphatic rings. The van der Waals surface area contributed by atoms with E-state index in [4.69, 9.17) is 11.5 Å². The Morgan fingerprint density at radius 2 is 2.04 bits per heavy atom. The van der Waals surface area contributed by atoms with Crippen LogP contribution < -0.4 is 22.1 Å². The Hall–Kier alpha value is -2.88. The number of benzene rings is 1. The Morgan fingerprint density at radius 1 is 1.25 bits per heavy atom. The highest BCUT2D eigenvalue weighted by Crippen LogP contribution is 2.20. The maximum Gasteiger partial charge on any atom is 0.100 e. The average molecular weight is 322 g/mol. The van der Waals surface area contributed by atoms with Crippen LogP contribution >= 0.6 is 0 Å². The lowest BCUT2D eigenvalue weighted by atomic mass is 10.1. The second kappa shape index (κ2) is 8.11. The van der Waals surface area contributed by atoms with Crippen molar-refractivity contribution in [1.29, 1.82) is 0 Å². The van der Waals surface area contributed by atoms with Crippen LogP contribution in [0.2, 0.25) is 0 Å². The van der Waals surface area contributed by atoms with E-state index in [0.717, 1.165) is 29.9 Å². The molecule has 0 amide bonds. The molecule has 4 nitrogen and oxygen atoms in total. The molecule has 2 rings (SSSR count). The van der Waals surface area contributed by atoms with Gasteiger partial charge in [-0.25, -0.2) is 0 Å². The Balaban J connectivity index is 1.95. The molecule has 4 heteroatoms. The predicted molar refractivity (Wildman–Crippen MR) is 104 cm³/mol. The largest absolute Gasteiger partial charge is 0.402 e. The van der Waals surface area contributed by atoms with Gasteiger partial charge in [-0.1, -0.05) is 36.4 Å². The summed E-state index contributed by atoms with van der Waals surface area (Å²) in [5.74, 6) is 0.535. The summed E-state index contributed by atoms with van der Waals surface area (Å²) in [5.41, 5.74) is 17.8. The highest BCUT2D eigenvalue weighted by atomic mass is 15.0. The van der Waals surface area contributed by atoms with Crippen LogP contribution in [0.5, 0.6) is 0 Å². The maximum atomic E-state index is 5.93. The van der Waals surface area contributed by atoms with Crippen molar-refractivity contribution in [3.63, 3.8) is 0 Å². The SMILES string of the molecule is C=C(NCC1=CC=C(C)C1)c1cccc(N/C(N)=C/C=C(/C)N)c1. The highest BCUT2D eigenvalue weighted by molar-refractivity contribution is 5.66. The average Bonchev–Trinajstić information content (AvgIpc) is 2.96.